The summed E-state index contributed by atoms with van der Waals surface area (Å²) in [5.74, 6) is 1.35. The third-order valence-electron chi connectivity index (χ3n) is 6.21. The molecule has 4 rings (SSSR count). The molecule has 2 aliphatic carbocycles. The lowest BCUT2D eigenvalue weighted by Crippen LogP contribution is -2.41. The molecular weight excluding hydrogens is 318 g/mol. The van der Waals surface area contributed by atoms with Gasteiger partial charge in [0.05, 0.1) is 5.69 Å². The van der Waals surface area contributed by atoms with Crippen molar-refractivity contribution in [1.29, 1.82) is 0 Å². The highest BCUT2D eigenvalue weighted by Gasteiger charge is 2.29. The Balaban J connectivity index is 1.43. The van der Waals surface area contributed by atoms with Gasteiger partial charge < -0.3 is 11.1 Å². The van der Waals surface area contributed by atoms with Crippen LogP contribution in [0.3, 0.4) is 0 Å². The van der Waals surface area contributed by atoms with E-state index in [9.17, 15) is 0 Å². The maximum atomic E-state index is 5.85. The van der Waals surface area contributed by atoms with Gasteiger partial charge in [0.25, 0.3) is 0 Å². The van der Waals surface area contributed by atoms with E-state index >= 15 is 0 Å². The summed E-state index contributed by atoms with van der Waals surface area (Å²) in [6.07, 6.45) is 12.2. The molecule has 3 heteroatoms. The minimum atomic E-state index is 0.584. The Morgan fingerprint density at radius 2 is 1.77 bits per heavy atom. The number of hydrogen-bond donors (Lipinski definition) is 2. The molecule has 2 unspecified atom stereocenters. The molecule has 1 heterocycles. The third-order valence-corrected chi connectivity index (χ3v) is 6.21. The third kappa shape index (κ3) is 4.27. The van der Waals surface area contributed by atoms with Crippen LogP contribution in [-0.4, -0.2) is 17.1 Å². The van der Waals surface area contributed by atoms with Crippen LogP contribution in [0.4, 0.5) is 5.82 Å². The Kier molecular flexibility index (Phi) is 5.54. The number of anilines is 1. The van der Waals surface area contributed by atoms with Gasteiger partial charge in [0.2, 0.25) is 0 Å². The van der Waals surface area contributed by atoms with E-state index in [1.807, 2.05) is 18.2 Å². The summed E-state index contributed by atoms with van der Waals surface area (Å²) < 4.78 is 0. The van der Waals surface area contributed by atoms with E-state index in [1.54, 1.807) is 0 Å². The minimum absolute atomic E-state index is 0.584. The summed E-state index contributed by atoms with van der Waals surface area (Å²) in [5.41, 5.74) is 9.42. The van der Waals surface area contributed by atoms with Gasteiger partial charge in [-0.2, -0.15) is 0 Å². The number of hydrogen-bond acceptors (Lipinski definition) is 3. The van der Waals surface area contributed by atoms with E-state index in [4.69, 9.17) is 5.73 Å². The zero-order chi connectivity index (χ0) is 17.8. The van der Waals surface area contributed by atoms with Crippen molar-refractivity contribution in [2.45, 2.75) is 69.9 Å². The van der Waals surface area contributed by atoms with Crippen molar-refractivity contribution in [2.24, 2.45) is 5.92 Å². The molecule has 1 aromatic carbocycles. The predicted molar refractivity (Wildman–Crippen MR) is 109 cm³/mol. The molecule has 3 nitrogen and oxygen atoms in total. The Labute approximate surface area is 157 Å². The predicted octanol–water partition coefficient (Wildman–Crippen LogP) is 4.96. The van der Waals surface area contributed by atoms with Gasteiger partial charge in [0.1, 0.15) is 5.82 Å². The number of nitrogens with two attached hydrogens (primary N) is 1. The van der Waals surface area contributed by atoms with E-state index in [-0.39, 0.29) is 0 Å². The van der Waals surface area contributed by atoms with Crippen molar-refractivity contribution < 1.29 is 0 Å². The summed E-state index contributed by atoms with van der Waals surface area (Å²) in [7, 11) is 0. The number of aromatic nitrogens is 1. The van der Waals surface area contributed by atoms with Gasteiger partial charge in [-0.3, -0.25) is 0 Å². The molecule has 1 aromatic heterocycles. The van der Waals surface area contributed by atoms with Crippen LogP contribution in [0.25, 0.3) is 11.3 Å². The minimum Gasteiger partial charge on any atom is -0.384 e. The molecule has 0 aliphatic heterocycles. The second kappa shape index (κ2) is 8.22. The average molecular weight is 350 g/mol. The lowest BCUT2D eigenvalue weighted by Gasteiger charge is -2.30. The number of benzene rings is 1. The van der Waals surface area contributed by atoms with Crippen LogP contribution in [0.2, 0.25) is 0 Å². The molecule has 0 amide bonds. The Bertz CT molecular complexity index is 721. The summed E-state index contributed by atoms with van der Waals surface area (Å²) in [5, 5.41) is 4.01. The molecule has 2 aromatic rings. The van der Waals surface area contributed by atoms with Crippen LogP contribution >= 0.6 is 0 Å². The first-order valence-corrected chi connectivity index (χ1v) is 10.4. The first-order valence-electron chi connectivity index (χ1n) is 10.4. The molecule has 0 radical (unpaired) electrons. The van der Waals surface area contributed by atoms with Crippen molar-refractivity contribution in [3.8, 4) is 11.3 Å². The van der Waals surface area contributed by atoms with Crippen molar-refractivity contribution in [3.05, 3.63) is 48.0 Å². The SMILES string of the molecule is Nc1cccc(-c2cccc(CC3CCCC3NC3CCCCC3)c2)n1. The number of nitrogens with zero attached hydrogens (tertiary/aromatic N) is 1. The maximum Gasteiger partial charge on any atom is 0.124 e. The van der Waals surface area contributed by atoms with E-state index in [1.165, 1.54) is 68.9 Å². The Morgan fingerprint density at radius 1 is 0.923 bits per heavy atom. The van der Waals surface area contributed by atoms with Gasteiger partial charge in [0.15, 0.2) is 0 Å². The van der Waals surface area contributed by atoms with Crippen molar-refractivity contribution >= 4 is 5.82 Å². The Hall–Kier alpha value is -1.87. The number of pyridine rings is 1. The van der Waals surface area contributed by atoms with Gasteiger partial charge in [0, 0.05) is 17.6 Å². The van der Waals surface area contributed by atoms with Gasteiger partial charge >= 0.3 is 0 Å². The molecule has 138 valence electrons. The molecule has 0 saturated heterocycles. The van der Waals surface area contributed by atoms with E-state index in [0.717, 1.165) is 17.7 Å². The monoisotopic (exact) mass is 349 g/mol. The van der Waals surface area contributed by atoms with Crippen LogP contribution in [0.5, 0.6) is 0 Å². The fraction of sp³-hybridized carbons (Fsp3) is 0.522. The van der Waals surface area contributed by atoms with Gasteiger partial charge in [-0.1, -0.05) is 49.9 Å². The largest absolute Gasteiger partial charge is 0.384 e. The highest BCUT2D eigenvalue weighted by molar-refractivity contribution is 5.61. The quantitative estimate of drug-likeness (QED) is 0.802. The summed E-state index contributed by atoms with van der Waals surface area (Å²) in [6.45, 7) is 0. The highest BCUT2D eigenvalue weighted by atomic mass is 15.0. The summed E-state index contributed by atoms with van der Waals surface area (Å²) >= 11 is 0. The van der Waals surface area contributed by atoms with E-state index in [0.29, 0.717) is 11.9 Å². The average Bonchev–Trinajstić information content (AvgIpc) is 3.09. The van der Waals surface area contributed by atoms with Crippen LogP contribution in [0.1, 0.15) is 56.9 Å². The van der Waals surface area contributed by atoms with Crippen molar-refractivity contribution in [2.75, 3.05) is 5.73 Å². The molecule has 0 spiro atoms. The molecule has 2 saturated carbocycles. The zero-order valence-corrected chi connectivity index (χ0v) is 15.7. The fourth-order valence-electron chi connectivity index (χ4n) is 4.85. The molecule has 2 fully saturated rings. The second-order valence-electron chi connectivity index (χ2n) is 8.15. The van der Waals surface area contributed by atoms with Crippen LogP contribution in [0, 0.1) is 5.92 Å². The second-order valence-corrected chi connectivity index (χ2v) is 8.15. The van der Waals surface area contributed by atoms with Crippen LogP contribution < -0.4 is 11.1 Å². The lowest BCUT2D eigenvalue weighted by molar-refractivity contribution is 0.299. The summed E-state index contributed by atoms with van der Waals surface area (Å²) in [6, 6.07) is 16.2. The molecule has 2 aliphatic rings. The van der Waals surface area contributed by atoms with Crippen molar-refractivity contribution in [3.63, 3.8) is 0 Å². The molecule has 3 N–H and O–H groups in total. The maximum absolute atomic E-state index is 5.85. The van der Waals surface area contributed by atoms with E-state index in [2.05, 4.69) is 34.6 Å². The lowest BCUT2D eigenvalue weighted by atomic mass is 9.90. The van der Waals surface area contributed by atoms with E-state index < -0.39 is 0 Å². The van der Waals surface area contributed by atoms with Crippen molar-refractivity contribution in [1.82, 2.24) is 10.3 Å². The van der Waals surface area contributed by atoms with Crippen LogP contribution in [-0.2, 0) is 6.42 Å². The fourth-order valence-corrected chi connectivity index (χ4v) is 4.85. The number of nitrogens with one attached hydrogen (secondary N) is 1. The highest BCUT2D eigenvalue weighted by Crippen LogP contribution is 2.31. The molecular formula is C23H31N3. The Morgan fingerprint density at radius 3 is 2.62 bits per heavy atom. The van der Waals surface area contributed by atoms with Gasteiger partial charge in [-0.25, -0.2) is 4.98 Å². The first-order chi connectivity index (χ1) is 12.8. The zero-order valence-electron chi connectivity index (χ0n) is 15.7. The topological polar surface area (TPSA) is 50.9 Å². The molecule has 26 heavy (non-hydrogen) atoms. The van der Waals surface area contributed by atoms with Gasteiger partial charge in [-0.05, 0) is 61.8 Å². The first kappa shape index (κ1) is 17.5. The number of rotatable bonds is 5. The number of nitrogen functional groups attached to an aromatic ring is 1. The smallest absolute Gasteiger partial charge is 0.124 e. The normalized spacial score (nSPS) is 24.0. The molecule has 2 atom stereocenters. The standard InChI is InChI=1S/C23H31N3/c24-23-14-6-13-22(26-23)19-8-4-7-17(16-19)15-18-9-5-12-21(18)25-20-10-2-1-3-11-20/h4,6-8,13-14,16,18,20-21,25H,1-3,5,9-12,15H2,(H2,24,26). The van der Waals surface area contributed by atoms with Gasteiger partial charge in [-0.15, -0.1) is 0 Å². The van der Waals surface area contributed by atoms with Crippen LogP contribution in [0.15, 0.2) is 42.5 Å². The summed E-state index contributed by atoms with van der Waals surface area (Å²) in [4.78, 5) is 4.47. The molecule has 0 bridgehead atoms.